The van der Waals surface area contributed by atoms with Crippen molar-refractivity contribution in [2.45, 2.75) is 13.0 Å². The zero-order chi connectivity index (χ0) is 14.3. The third-order valence-corrected chi connectivity index (χ3v) is 3.32. The van der Waals surface area contributed by atoms with Gasteiger partial charge in [0.15, 0.2) is 17.4 Å². The first-order chi connectivity index (χ1) is 8.82. The van der Waals surface area contributed by atoms with Crippen molar-refractivity contribution in [2.75, 3.05) is 13.1 Å². The van der Waals surface area contributed by atoms with Crippen molar-refractivity contribution < 1.29 is 23.1 Å². The summed E-state index contributed by atoms with van der Waals surface area (Å²) in [5.41, 5.74) is 5.04. The van der Waals surface area contributed by atoms with Crippen molar-refractivity contribution in [3.05, 3.63) is 29.1 Å². The molecule has 0 bridgehead atoms. The van der Waals surface area contributed by atoms with Crippen LogP contribution in [-0.2, 0) is 0 Å². The minimum absolute atomic E-state index is 0.0332. The first kappa shape index (κ1) is 13.7. The van der Waals surface area contributed by atoms with Crippen LogP contribution in [-0.4, -0.2) is 35.0 Å². The number of aromatic hydroxyl groups is 1. The summed E-state index contributed by atoms with van der Waals surface area (Å²) < 4.78 is 39.7. The van der Waals surface area contributed by atoms with Crippen LogP contribution < -0.4 is 5.73 Å². The molecule has 104 valence electrons. The number of benzene rings is 1. The van der Waals surface area contributed by atoms with Crippen molar-refractivity contribution in [2.24, 2.45) is 11.7 Å². The van der Waals surface area contributed by atoms with Gasteiger partial charge in [0.25, 0.3) is 5.91 Å². The molecule has 19 heavy (non-hydrogen) atoms. The van der Waals surface area contributed by atoms with Gasteiger partial charge in [-0.15, -0.1) is 0 Å². The van der Waals surface area contributed by atoms with Crippen LogP contribution in [0.5, 0.6) is 5.75 Å². The Morgan fingerprint density at radius 2 is 2.00 bits per heavy atom. The van der Waals surface area contributed by atoms with Crippen molar-refractivity contribution in [3.63, 3.8) is 0 Å². The van der Waals surface area contributed by atoms with Crippen LogP contribution in [0.1, 0.15) is 17.3 Å². The number of hydrogen-bond donors (Lipinski definition) is 2. The van der Waals surface area contributed by atoms with Gasteiger partial charge in [0.1, 0.15) is 0 Å². The van der Waals surface area contributed by atoms with E-state index in [2.05, 4.69) is 0 Å². The maximum absolute atomic E-state index is 13.6. The van der Waals surface area contributed by atoms with Crippen molar-refractivity contribution in [1.82, 2.24) is 4.90 Å². The van der Waals surface area contributed by atoms with Crippen LogP contribution in [0, 0.1) is 23.4 Å². The van der Waals surface area contributed by atoms with Crippen LogP contribution >= 0.6 is 0 Å². The molecule has 0 aliphatic carbocycles. The van der Waals surface area contributed by atoms with E-state index in [0.29, 0.717) is 12.6 Å². The fraction of sp³-hybridized carbons (Fsp3) is 0.417. The quantitative estimate of drug-likeness (QED) is 0.757. The normalized spacial score (nSPS) is 22.9. The molecule has 0 radical (unpaired) electrons. The summed E-state index contributed by atoms with van der Waals surface area (Å²) in [5, 5.41) is 9.08. The zero-order valence-corrected chi connectivity index (χ0v) is 10.2. The number of nitrogens with zero attached hydrogens (tertiary/aromatic N) is 1. The molecule has 1 aliphatic heterocycles. The van der Waals surface area contributed by atoms with E-state index in [-0.39, 0.29) is 18.5 Å². The lowest BCUT2D eigenvalue weighted by Gasteiger charge is -2.16. The molecule has 1 fully saturated rings. The van der Waals surface area contributed by atoms with E-state index >= 15 is 0 Å². The minimum atomic E-state index is -1.71. The van der Waals surface area contributed by atoms with Gasteiger partial charge in [0, 0.05) is 19.1 Å². The molecular formula is C12H13F3N2O2. The maximum atomic E-state index is 13.6. The number of carbonyl (C=O) groups excluding carboxylic acids is 1. The SMILES string of the molecule is CC1CN(C(=O)c2cc(F)c(F)c(O)c2F)CC1N. The summed E-state index contributed by atoms with van der Waals surface area (Å²) in [7, 11) is 0. The number of hydrogen-bond acceptors (Lipinski definition) is 3. The van der Waals surface area contributed by atoms with Gasteiger partial charge in [0.05, 0.1) is 5.56 Å². The van der Waals surface area contributed by atoms with E-state index in [1.165, 1.54) is 4.90 Å². The van der Waals surface area contributed by atoms with Gasteiger partial charge in [-0.3, -0.25) is 4.79 Å². The summed E-state index contributed by atoms with van der Waals surface area (Å²) in [6, 6.07) is 0.201. The molecule has 0 spiro atoms. The smallest absolute Gasteiger partial charge is 0.257 e. The van der Waals surface area contributed by atoms with E-state index in [1.54, 1.807) is 0 Å². The second-order valence-electron chi connectivity index (χ2n) is 4.73. The van der Waals surface area contributed by atoms with E-state index in [4.69, 9.17) is 10.8 Å². The number of nitrogens with two attached hydrogens (primary N) is 1. The lowest BCUT2D eigenvalue weighted by molar-refractivity contribution is 0.0780. The fourth-order valence-electron chi connectivity index (χ4n) is 2.07. The Morgan fingerprint density at radius 3 is 2.53 bits per heavy atom. The molecule has 1 saturated heterocycles. The van der Waals surface area contributed by atoms with E-state index < -0.39 is 34.7 Å². The molecule has 1 aliphatic rings. The first-order valence-corrected chi connectivity index (χ1v) is 5.74. The van der Waals surface area contributed by atoms with Gasteiger partial charge in [-0.1, -0.05) is 6.92 Å². The Bertz CT molecular complexity index is 526. The highest BCUT2D eigenvalue weighted by Crippen LogP contribution is 2.27. The van der Waals surface area contributed by atoms with Gasteiger partial charge in [-0.25, -0.2) is 8.78 Å². The highest BCUT2D eigenvalue weighted by molar-refractivity contribution is 5.95. The number of phenols is 1. The summed E-state index contributed by atoms with van der Waals surface area (Å²) >= 11 is 0. The van der Waals surface area contributed by atoms with Gasteiger partial charge < -0.3 is 15.7 Å². The number of phenolic OH excluding ortho intramolecular Hbond substituents is 1. The van der Waals surface area contributed by atoms with Crippen LogP contribution in [0.3, 0.4) is 0 Å². The molecular weight excluding hydrogens is 261 g/mol. The zero-order valence-electron chi connectivity index (χ0n) is 10.2. The molecule has 4 nitrogen and oxygen atoms in total. The molecule has 1 aromatic rings. The van der Waals surface area contributed by atoms with Crippen molar-refractivity contribution in [1.29, 1.82) is 0 Å². The topological polar surface area (TPSA) is 66.6 Å². The van der Waals surface area contributed by atoms with E-state index in [0.717, 1.165) is 0 Å². The van der Waals surface area contributed by atoms with Crippen molar-refractivity contribution >= 4 is 5.91 Å². The van der Waals surface area contributed by atoms with Crippen LogP contribution in [0.2, 0.25) is 0 Å². The molecule has 1 aromatic carbocycles. The largest absolute Gasteiger partial charge is 0.503 e. The second kappa shape index (κ2) is 4.73. The molecule has 0 aromatic heterocycles. The summed E-state index contributed by atoms with van der Waals surface area (Å²) in [5.74, 6) is -6.91. The van der Waals surface area contributed by atoms with Gasteiger partial charge in [-0.05, 0) is 12.0 Å². The van der Waals surface area contributed by atoms with Gasteiger partial charge in [-0.2, -0.15) is 4.39 Å². The molecule has 2 atom stereocenters. The third kappa shape index (κ3) is 2.25. The average Bonchev–Trinajstić information content (AvgIpc) is 2.71. The predicted octanol–water partition coefficient (Wildman–Crippen LogP) is 1.23. The molecule has 1 heterocycles. The Balaban J connectivity index is 2.35. The fourth-order valence-corrected chi connectivity index (χ4v) is 2.07. The van der Waals surface area contributed by atoms with Crippen LogP contribution in [0.25, 0.3) is 0 Å². The van der Waals surface area contributed by atoms with Crippen LogP contribution in [0.15, 0.2) is 6.07 Å². The molecule has 0 saturated carbocycles. The second-order valence-corrected chi connectivity index (χ2v) is 4.73. The maximum Gasteiger partial charge on any atom is 0.257 e. The average molecular weight is 274 g/mol. The molecule has 1 amide bonds. The highest BCUT2D eigenvalue weighted by Gasteiger charge is 2.33. The Hall–Kier alpha value is -1.76. The summed E-state index contributed by atoms with van der Waals surface area (Å²) in [6.45, 7) is 2.34. The van der Waals surface area contributed by atoms with E-state index in [1.807, 2.05) is 6.92 Å². The number of carbonyl (C=O) groups is 1. The Morgan fingerprint density at radius 1 is 1.37 bits per heavy atom. The summed E-state index contributed by atoms with van der Waals surface area (Å²) in [6.07, 6.45) is 0. The molecule has 7 heteroatoms. The monoisotopic (exact) mass is 274 g/mol. The molecule has 2 unspecified atom stereocenters. The minimum Gasteiger partial charge on any atom is -0.503 e. The van der Waals surface area contributed by atoms with Gasteiger partial charge in [0.2, 0.25) is 5.82 Å². The lowest BCUT2D eigenvalue weighted by Crippen LogP contribution is -2.32. The Kier molecular flexibility index (Phi) is 3.40. The number of amides is 1. The molecule has 2 rings (SSSR count). The molecule has 3 N–H and O–H groups in total. The number of rotatable bonds is 1. The standard InChI is InChI=1S/C12H13F3N2O2/c1-5-3-17(4-8(5)16)12(19)6-2-7(13)10(15)11(18)9(6)14/h2,5,8,18H,3-4,16H2,1H3. The number of likely N-dealkylation sites (tertiary alicyclic amines) is 1. The first-order valence-electron chi connectivity index (χ1n) is 5.74. The van der Waals surface area contributed by atoms with E-state index in [9.17, 15) is 18.0 Å². The summed E-state index contributed by atoms with van der Waals surface area (Å²) in [4.78, 5) is 13.3. The van der Waals surface area contributed by atoms with Gasteiger partial charge >= 0.3 is 0 Å². The van der Waals surface area contributed by atoms with Crippen molar-refractivity contribution in [3.8, 4) is 5.75 Å². The number of halogens is 3. The Labute approximate surface area is 107 Å². The third-order valence-electron chi connectivity index (χ3n) is 3.32. The lowest BCUT2D eigenvalue weighted by atomic mass is 10.1. The van der Waals surface area contributed by atoms with Crippen LogP contribution in [0.4, 0.5) is 13.2 Å². The predicted molar refractivity (Wildman–Crippen MR) is 61.0 cm³/mol. The highest BCUT2D eigenvalue weighted by atomic mass is 19.2.